The van der Waals surface area contributed by atoms with Gasteiger partial charge >= 0.3 is 0 Å². The van der Waals surface area contributed by atoms with Gasteiger partial charge in [-0.25, -0.2) is 0 Å². The monoisotopic (exact) mass is 199 g/mol. The van der Waals surface area contributed by atoms with Crippen LogP contribution in [0.25, 0.3) is 0 Å². The maximum Gasteiger partial charge on any atom is 0.0896 e. The molecule has 2 saturated heterocycles. The second-order valence-corrected chi connectivity index (χ2v) is 4.53. The number of rotatable bonds is 3. The second-order valence-electron chi connectivity index (χ2n) is 4.53. The van der Waals surface area contributed by atoms with Crippen LogP contribution in [0.4, 0.5) is 0 Å². The van der Waals surface area contributed by atoms with E-state index in [1.165, 1.54) is 12.8 Å². The molecular weight excluding hydrogens is 178 g/mol. The van der Waals surface area contributed by atoms with Crippen LogP contribution in [0.2, 0.25) is 0 Å². The molecule has 2 heterocycles. The highest BCUT2D eigenvalue weighted by Crippen LogP contribution is 2.15. The summed E-state index contributed by atoms with van der Waals surface area (Å²) < 4.78 is 0. The number of aliphatic hydroxyl groups is 1. The van der Waals surface area contributed by atoms with E-state index in [0.29, 0.717) is 12.7 Å². The van der Waals surface area contributed by atoms with Crippen LogP contribution in [0, 0.1) is 0 Å². The van der Waals surface area contributed by atoms with E-state index in [2.05, 4.69) is 16.0 Å². The summed E-state index contributed by atoms with van der Waals surface area (Å²) in [4.78, 5) is 0. The van der Waals surface area contributed by atoms with E-state index in [-0.39, 0.29) is 0 Å². The molecule has 0 radical (unpaired) electrons. The Morgan fingerprint density at radius 2 is 2.29 bits per heavy atom. The second kappa shape index (κ2) is 4.57. The third-order valence-corrected chi connectivity index (χ3v) is 3.19. The minimum Gasteiger partial charge on any atom is -0.387 e. The number of β-amino-alcohol motifs (C(OH)–C–C–N with tert-alkyl or cyclic N) is 1. The average molecular weight is 199 g/mol. The maximum atomic E-state index is 10.2. The van der Waals surface area contributed by atoms with E-state index in [1.54, 1.807) is 0 Å². The molecule has 0 spiro atoms. The van der Waals surface area contributed by atoms with Crippen molar-refractivity contribution in [3.8, 4) is 0 Å². The summed E-state index contributed by atoms with van der Waals surface area (Å²) in [6.07, 6.45) is 4.84. The van der Waals surface area contributed by atoms with Gasteiger partial charge < -0.3 is 15.7 Å². The van der Waals surface area contributed by atoms with Crippen molar-refractivity contribution in [2.24, 2.45) is 0 Å². The lowest BCUT2D eigenvalue weighted by molar-refractivity contribution is 0.0143. The molecule has 82 valence electrons. The largest absolute Gasteiger partial charge is 0.387 e. The van der Waals surface area contributed by atoms with E-state index in [0.717, 1.165) is 32.5 Å². The molecule has 14 heavy (non-hydrogen) atoms. The predicted octanol–water partition coefficient (Wildman–Crippen LogP) is -0.600. The Labute approximate surface area is 85.5 Å². The smallest absolute Gasteiger partial charge is 0.0896 e. The molecule has 0 aromatic rings. The van der Waals surface area contributed by atoms with Gasteiger partial charge in [0.15, 0.2) is 0 Å². The molecule has 2 aliphatic rings. The predicted molar refractivity (Wildman–Crippen MR) is 56.1 cm³/mol. The molecule has 2 aliphatic heterocycles. The Morgan fingerprint density at radius 1 is 1.36 bits per heavy atom. The van der Waals surface area contributed by atoms with Crippen LogP contribution >= 0.6 is 0 Å². The summed E-state index contributed by atoms with van der Waals surface area (Å²) in [7, 11) is 0. The first-order chi connectivity index (χ1) is 6.79. The summed E-state index contributed by atoms with van der Waals surface area (Å²) in [5.74, 6) is 0. The normalized spacial score (nSPS) is 38.8. The Kier molecular flexibility index (Phi) is 3.38. The Bertz CT molecular complexity index is 174. The van der Waals surface area contributed by atoms with Gasteiger partial charge in [-0.2, -0.15) is 0 Å². The molecule has 4 nitrogen and oxygen atoms in total. The minimum absolute atomic E-state index is 0.418. The van der Waals surface area contributed by atoms with Crippen molar-refractivity contribution < 1.29 is 5.11 Å². The summed E-state index contributed by atoms with van der Waals surface area (Å²) in [5, 5.41) is 20.2. The van der Waals surface area contributed by atoms with Crippen molar-refractivity contribution in [2.45, 2.75) is 37.5 Å². The molecule has 0 amide bonds. The molecule has 2 unspecified atom stereocenters. The summed E-state index contributed by atoms with van der Waals surface area (Å²) in [6.45, 7) is 3.59. The van der Waals surface area contributed by atoms with Gasteiger partial charge in [0.25, 0.3) is 0 Å². The molecule has 2 rings (SSSR count). The van der Waals surface area contributed by atoms with Crippen molar-refractivity contribution in [1.82, 2.24) is 16.0 Å². The number of nitrogens with one attached hydrogen (secondary N) is 3. The van der Waals surface area contributed by atoms with Crippen LogP contribution in [0.15, 0.2) is 0 Å². The highest BCUT2D eigenvalue weighted by molar-refractivity contribution is 4.88. The fourth-order valence-electron chi connectivity index (χ4n) is 2.27. The first-order valence-corrected chi connectivity index (χ1v) is 5.68. The lowest BCUT2D eigenvalue weighted by atomic mass is 9.94. The summed E-state index contributed by atoms with van der Waals surface area (Å²) in [6, 6.07) is 0. The van der Waals surface area contributed by atoms with Crippen molar-refractivity contribution >= 4 is 0 Å². The number of piperidine rings is 1. The highest BCUT2D eigenvalue weighted by Gasteiger charge is 2.29. The lowest BCUT2D eigenvalue weighted by Crippen LogP contribution is -2.54. The molecule has 0 saturated carbocycles. The summed E-state index contributed by atoms with van der Waals surface area (Å²) in [5.41, 5.74) is -0.525. The van der Waals surface area contributed by atoms with Crippen LogP contribution in [0.1, 0.15) is 25.7 Å². The topological polar surface area (TPSA) is 56.3 Å². The molecular formula is C10H21N3O. The highest BCUT2D eigenvalue weighted by atomic mass is 16.3. The molecule has 2 atom stereocenters. The van der Waals surface area contributed by atoms with Crippen molar-refractivity contribution in [3.63, 3.8) is 0 Å². The van der Waals surface area contributed by atoms with Gasteiger partial charge in [-0.05, 0) is 38.8 Å². The third kappa shape index (κ3) is 2.67. The van der Waals surface area contributed by atoms with E-state index < -0.39 is 5.60 Å². The number of hydrogen-bond donors (Lipinski definition) is 4. The van der Waals surface area contributed by atoms with E-state index in [1.807, 2.05) is 0 Å². The molecule has 0 aliphatic carbocycles. The first-order valence-electron chi connectivity index (χ1n) is 5.68. The van der Waals surface area contributed by atoms with Crippen molar-refractivity contribution in [1.29, 1.82) is 0 Å². The molecule has 0 aromatic carbocycles. The number of hydrogen-bond acceptors (Lipinski definition) is 4. The third-order valence-electron chi connectivity index (χ3n) is 3.19. The van der Waals surface area contributed by atoms with Crippen LogP contribution < -0.4 is 16.0 Å². The Morgan fingerprint density at radius 3 is 2.93 bits per heavy atom. The fraction of sp³-hybridized carbons (Fsp3) is 1.00. The molecule has 4 heteroatoms. The van der Waals surface area contributed by atoms with Gasteiger partial charge in [-0.15, -0.1) is 0 Å². The summed E-state index contributed by atoms with van der Waals surface area (Å²) >= 11 is 0. The molecule has 0 aromatic heterocycles. The zero-order valence-corrected chi connectivity index (χ0v) is 8.68. The van der Waals surface area contributed by atoms with Crippen LogP contribution in [-0.4, -0.2) is 43.1 Å². The SMILES string of the molecule is OC1(CNC2CCCN2)CCCNC1. The van der Waals surface area contributed by atoms with Gasteiger partial charge in [0.05, 0.1) is 11.8 Å². The van der Waals surface area contributed by atoms with Gasteiger partial charge in [0.2, 0.25) is 0 Å². The standard InChI is InChI=1S/C10H21N3O/c14-10(4-2-5-11-7-10)8-13-9-3-1-6-12-9/h9,11-14H,1-8H2. The van der Waals surface area contributed by atoms with Crippen LogP contribution in [-0.2, 0) is 0 Å². The van der Waals surface area contributed by atoms with Crippen molar-refractivity contribution in [3.05, 3.63) is 0 Å². The van der Waals surface area contributed by atoms with Crippen LogP contribution in [0.5, 0.6) is 0 Å². The molecule has 2 fully saturated rings. The Balaban J connectivity index is 1.72. The quantitative estimate of drug-likeness (QED) is 0.490. The fourth-order valence-corrected chi connectivity index (χ4v) is 2.27. The van der Waals surface area contributed by atoms with E-state index in [4.69, 9.17) is 0 Å². The average Bonchev–Trinajstić information content (AvgIpc) is 2.69. The first kappa shape index (κ1) is 10.4. The molecule has 4 N–H and O–H groups in total. The van der Waals surface area contributed by atoms with Gasteiger partial charge in [0, 0.05) is 13.1 Å². The maximum absolute atomic E-state index is 10.2. The zero-order valence-electron chi connectivity index (χ0n) is 8.68. The minimum atomic E-state index is -0.525. The van der Waals surface area contributed by atoms with E-state index >= 15 is 0 Å². The Hall–Kier alpha value is -0.160. The van der Waals surface area contributed by atoms with Gasteiger partial charge in [0.1, 0.15) is 0 Å². The lowest BCUT2D eigenvalue weighted by Gasteiger charge is -2.33. The van der Waals surface area contributed by atoms with Gasteiger partial charge in [-0.3, -0.25) is 5.32 Å². The van der Waals surface area contributed by atoms with Crippen LogP contribution in [0.3, 0.4) is 0 Å². The van der Waals surface area contributed by atoms with E-state index in [9.17, 15) is 5.11 Å². The van der Waals surface area contributed by atoms with Crippen molar-refractivity contribution in [2.75, 3.05) is 26.2 Å². The molecule has 0 bridgehead atoms. The zero-order chi connectivity index (χ0) is 9.86. The van der Waals surface area contributed by atoms with Gasteiger partial charge in [-0.1, -0.05) is 0 Å².